The SMILES string of the molecule is Cc1cc(C(=O)Nc2nc(-c3nc4ccccc4s3)cs2)no1. The molecule has 4 aromatic rings. The van der Waals surface area contributed by atoms with Crippen molar-refractivity contribution in [2.75, 3.05) is 5.32 Å². The first kappa shape index (κ1) is 14.0. The highest BCUT2D eigenvalue weighted by molar-refractivity contribution is 7.22. The molecule has 0 aliphatic rings. The highest BCUT2D eigenvalue weighted by Crippen LogP contribution is 2.31. The third-order valence-electron chi connectivity index (χ3n) is 3.10. The third kappa shape index (κ3) is 2.73. The molecule has 0 spiro atoms. The van der Waals surface area contributed by atoms with Crippen molar-refractivity contribution in [1.29, 1.82) is 0 Å². The summed E-state index contributed by atoms with van der Waals surface area (Å²) >= 11 is 2.92. The smallest absolute Gasteiger partial charge is 0.279 e. The lowest BCUT2D eigenvalue weighted by molar-refractivity contribution is 0.101. The van der Waals surface area contributed by atoms with Crippen LogP contribution in [0.15, 0.2) is 40.2 Å². The van der Waals surface area contributed by atoms with Crippen LogP contribution in [0.1, 0.15) is 16.2 Å². The number of carbonyl (C=O) groups excluding carboxylic acids is 1. The fraction of sp³-hybridized carbons (Fsp3) is 0.0667. The lowest BCUT2D eigenvalue weighted by Crippen LogP contribution is -2.11. The summed E-state index contributed by atoms with van der Waals surface area (Å²) in [6.07, 6.45) is 0. The first-order valence-corrected chi connectivity index (χ1v) is 8.45. The van der Waals surface area contributed by atoms with E-state index in [4.69, 9.17) is 4.52 Å². The molecule has 1 aromatic carbocycles. The molecule has 4 rings (SSSR count). The van der Waals surface area contributed by atoms with Crippen LogP contribution in [0, 0.1) is 6.92 Å². The van der Waals surface area contributed by atoms with Gasteiger partial charge < -0.3 is 4.52 Å². The van der Waals surface area contributed by atoms with Crippen LogP contribution in [-0.4, -0.2) is 21.0 Å². The molecule has 0 bridgehead atoms. The fourth-order valence-electron chi connectivity index (χ4n) is 2.05. The lowest BCUT2D eigenvalue weighted by atomic mass is 10.3. The Labute approximate surface area is 138 Å². The monoisotopic (exact) mass is 342 g/mol. The Kier molecular flexibility index (Phi) is 3.40. The quantitative estimate of drug-likeness (QED) is 0.609. The van der Waals surface area contributed by atoms with Gasteiger partial charge in [0.1, 0.15) is 16.5 Å². The largest absolute Gasteiger partial charge is 0.361 e. The number of carbonyl (C=O) groups is 1. The number of amides is 1. The summed E-state index contributed by atoms with van der Waals surface area (Å²) in [7, 11) is 0. The van der Waals surface area contributed by atoms with Crippen LogP contribution in [0.3, 0.4) is 0 Å². The van der Waals surface area contributed by atoms with Gasteiger partial charge in [-0.05, 0) is 19.1 Å². The Hall–Kier alpha value is -2.58. The maximum atomic E-state index is 12.0. The number of para-hydroxylation sites is 1. The zero-order valence-corrected chi connectivity index (χ0v) is 13.6. The average Bonchev–Trinajstić information content (AvgIpc) is 3.25. The predicted octanol–water partition coefficient (Wildman–Crippen LogP) is 3.97. The van der Waals surface area contributed by atoms with E-state index in [1.807, 2.05) is 29.6 Å². The van der Waals surface area contributed by atoms with Gasteiger partial charge in [0.15, 0.2) is 10.8 Å². The molecule has 0 saturated heterocycles. The molecule has 0 aliphatic heterocycles. The van der Waals surface area contributed by atoms with Gasteiger partial charge >= 0.3 is 0 Å². The summed E-state index contributed by atoms with van der Waals surface area (Å²) in [6, 6.07) is 9.52. The van der Waals surface area contributed by atoms with E-state index >= 15 is 0 Å². The number of hydrogen-bond acceptors (Lipinski definition) is 7. The molecule has 114 valence electrons. The number of anilines is 1. The molecule has 8 heteroatoms. The molecule has 3 heterocycles. The standard InChI is InChI=1S/C15H10N4O2S2/c1-8-6-10(19-21-8)13(20)18-15-17-11(7-22-15)14-16-9-4-2-3-5-12(9)23-14/h2-7H,1H3,(H,17,18,20). The minimum absolute atomic E-state index is 0.235. The summed E-state index contributed by atoms with van der Waals surface area (Å²) in [5.41, 5.74) is 1.94. The predicted molar refractivity (Wildman–Crippen MR) is 89.9 cm³/mol. The molecule has 0 fully saturated rings. The number of thiazole rings is 2. The van der Waals surface area contributed by atoms with Crippen LogP contribution in [0.25, 0.3) is 20.9 Å². The molecular formula is C15H10N4O2S2. The van der Waals surface area contributed by atoms with Gasteiger partial charge in [-0.2, -0.15) is 0 Å². The molecule has 0 unspecified atom stereocenters. The van der Waals surface area contributed by atoms with Gasteiger partial charge in [0.2, 0.25) is 0 Å². The first-order valence-electron chi connectivity index (χ1n) is 6.75. The minimum Gasteiger partial charge on any atom is -0.361 e. The van der Waals surface area contributed by atoms with Gasteiger partial charge in [0.25, 0.3) is 5.91 Å². The summed E-state index contributed by atoms with van der Waals surface area (Å²) in [5, 5.41) is 9.62. The summed E-state index contributed by atoms with van der Waals surface area (Å²) in [6.45, 7) is 1.73. The molecule has 3 aromatic heterocycles. The van der Waals surface area contributed by atoms with Gasteiger partial charge in [-0.3, -0.25) is 10.1 Å². The summed E-state index contributed by atoms with van der Waals surface area (Å²) < 4.78 is 6.01. The van der Waals surface area contributed by atoms with Crippen molar-refractivity contribution in [3.05, 3.63) is 47.2 Å². The van der Waals surface area contributed by atoms with Crippen molar-refractivity contribution in [2.24, 2.45) is 0 Å². The van der Waals surface area contributed by atoms with Gasteiger partial charge in [0.05, 0.1) is 10.2 Å². The topological polar surface area (TPSA) is 80.9 Å². The number of aryl methyl sites for hydroxylation is 1. The molecule has 1 N–H and O–H groups in total. The Bertz CT molecular complexity index is 969. The second-order valence-electron chi connectivity index (χ2n) is 4.80. The minimum atomic E-state index is -0.341. The van der Waals surface area contributed by atoms with E-state index in [0.717, 1.165) is 20.9 Å². The lowest BCUT2D eigenvalue weighted by Gasteiger charge is -1.95. The maximum absolute atomic E-state index is 12.0. The van der Waals surface area contributed by atoms with Crippen LogP contribution >= 0.6 is 22.7 Å². The van der Waals surface area contributed by atoms with Crippen molar-refractivity contribution in [2.45, 2.75) is 6.92 Å². The average molecular weight is 342 g/mol. The molecule has 1 amide bonds. The number of aromatic nitrogens is 3. The number of hydrogen-bond donors (Lipinski definition) is 1. The van der Waals surface area contributed by atoms with Crippen LogP contribution in [-0.2, 0) is 0 Å². The number of rotatable bonds is 3. The van der Waals surface area contributed by atoms with Crippen LogP contribution in [0.5, 0.6) is 0 Å². The zero-order chi connectivity index (χ0) is 15.8. The Morgan fingerprint density at radius 2 is 2.13 bits per heavy atom. The van der Waals surface area contributed by atoms with Crippen molar-refractivity contribution in [3.63, 3.8) is 0 Å². The number of nitrogens with zero attached hydrogens (tertiary/aromatic N) is 3. The van der Waals surface area contributed by atoms with E-state index in [-0.39, 0.29) is 11.6 Å². The molecule has 6 nitrogen and oxygen atoms in total. The van der Waals surface area contributed by atoms with Crippen molar-refractivity contribution < 1.29 is 9.32 Å². The fourth-order valence-corrected chi connectivity index (χ4v) is 3.74. The maximum Gasteiger partial charge on any atom is 0.279 e. The van der Waals surface area contributed by atoms with E-state index < -0.39 is 0 Å². The second kappa shape index (κ2) is 5.56. The summed E-state index contributed by atoms with van der Waals surface area (Å²) in [4.78, 5) is 21.0. The van der Waals surface area contributed by atoms with Crippen molar-refractivity contribution >= 4 is 43.9 Å². The molecule has 0 radical (unpaired) electrons. The molecule has 0 aliphatic carbocycles. The van der Waals surface area contributed by atoms with Crippen molar-refractivity contribution in [1.82, 2.24) is 15.1 Å². The van der Waals surface area contributed by atoms with E-state index in [1.165, 1.54) is 11.3 Å². The second-order valence-corrected chi connectivity index (χ2v) is 6.69. The van der Waals surface area contributed by atoms with E-state index in [2.05, 4.69) is 20.4 Å². The van der Waals surface area contributed by atoms with E-state index in [0.29, 0.717) is 10.9 Å². The normalized spacial score (nSPS) is 11.0. The highest BCUT2D eigenvalue weighted by atomic mass is 32.1. The first-order chi connectivity index (χ1) is 11.2. The molecular weight excluding hydrogens is 332 g/mol. The van der Waals surface area contributed by atoms with Crippen LogP contribution < -0.4 is 5.32 Å². The third-order valence-corrected chi connectivity index (χ3v) is 4.91. The highest BCUT2D eigenvalue weighted by Gasteiger charge is 2.15. The van der Waals surface area contributed by atoms with Crippen LogP contribution in [0.2, 0.25) is 0 Å². The number of benzene rings is 1. The molecule has 0 atom stereocenters. The molecule has 23 heavy (non-hydrogen) atoms. The van der Waals surface area contributed by atoms with Gasteiger partial charge in [-0.1, -0.05) is 17.3 Å². The molecule has 0 saturated carbocycles. The Morgan fingerprint density at radius 1 is 1.26 bits per heavy atom. The number of nitrogens with one attached hydrogen (secondary N) is 1. The Morgan fingerprint density at radius 3 is 2.91 bits per heavy atom. The van der Waals surface area contributed by atoms with Crippen LogP contribution in [0.4, 0.5) is 5.13 Å². The van der Waals surface area contributed by atoms with E-state index in [1.54, 1.807) is 24.3 Å². The van der Waals surface area contributed by atoms with Gasteiger partial charge in [0, 0.05) is 11.4 Å². The summed E-state index contributed by atoms with van der Waals surface area (Å²) in [5.74, 6) is 0.247. The number of fused-ring (bicyclic) bond motifs is 1. The van der Waals surface area contributed by atoms with E-state index in [9.17, 15) is 4.79 Å². The van der Waals surface area contributed by atoms with Gasteiger partial charge in [-0.15, -0.1) is 22.7 Å². The Balaban J connectivity index is 1.57. The zero-order valence-electron chi connectivity index (χ0n) is 11.9. The van der Waals surface area contributed by atoms with Gasteiger partial charge in [-0.25, -0.2) is 9.97 Å². The van der Waals surface area contributed by atoms with Crippen molar-refractivity contribution in [3.8, 4) is 10.7 Å².